The van der Waals surface area contributed by atoms with Gasteiger partial charge in [-0.25, -0.2) is 0 Å². The van der Waals surface area contributed by atoms with Gasteiger partial charge in [-0.3, -0.25) is 0 Å². The van der Waals surface area contributed by atoms with Gasteiger partial charge in [0.1, 0.15) is 0 Å². The van der Waals surface area contributed by atoms with E-state index in [0.717, 1.165) is 0 Å². The quantitative estimate of drug-likeness (QED) is 0.569. The fourth-order valence-corrected chi connectivity index (χ4v) is 8.58. The van der Waals surface area contributed by atoms with Crippen molar-refractivity contribution in [3.63, 3.8) is 0 Å². The SMILES string of the molecule is CCCC[PH](c1ccccc1)(c1ccccc1)c1ccccc1.P. The second kappa shape index (κ2) is 9.12. The molecule has 0 aliphatic rings. The smallest absolute Gasteiger partial charge is 0.153 e. The number of hydrogen-bond acceptors (Lipinski definition) is 0. The summed E-state index contributed by atoms with van der Waals surface area (Å²) >= 11 is 0. The Morgan fingerprint density at radius 2 is 0.917 bits per heavy atom. The van der Waals surface area contributed by atoms with E-state index in [4.69, 9.17) is 0 Å². The van der Waals surface area contributed by atoms with Crippen LogP contribution >= 0.6 is 17.2 Å². The first-order chi connectivity index (χ1) is 11.4. The summed E-state index contributed by atoms with van der Waals surface area (Å²) in [5, 5.41) is 4.56. The topological polar surface area (TPSA) is 0 Å². The van der Waals surface area contributed by atoms with Crippen LogP contribution in [-0.4, -0.2) is 6.16 Å². The largest absolute Gasteiger partial charge is 0.153 e. The van der Waals surface area contributed by atoms with E-state index in [2.05, 4.69) is 97.9 Å². The second-order valence-electron chi connectivity index (χ2n) is 6.11. The summed E-state index contributed by atoms with van der Waals surface area (Å²) in [6, 6.07) is 33.5. The molecular weight excluding hydrogens is 326 g/mol. The predicted molar refractivity (Wildman–Crippen MR) is 117 cm³/mol. The molecule has 0 N–H and O–H groups in total. The molecule has 1 unspecified atom stereocenters. The molecule has 0 amide bonds. The third kappa shape index (κ3) is 3.77. The molecule has 0 saturated carbocycles. The minimum atomic E-state index is -1.94. The summed E-state index contributed by atoms with van der Waals surface area (Å²) in [7, 11) is -1.94. The Morgan fingerprint density at radius 1 is 0.583 bits per heavy atom. The minimum Gasteiger partial charge on any atom is -0.153 e. The Morgan fingerprint density at radius 3 is 1.21 bits per heavy atom. The maximum absolute atomic E-state index is 2.34. The van der Waals surface area contributed by atoms with Crippen molar-refractivity contribution >= 4 is 33.1 Å². The van der Waals surface area contributed by atoms with Gasteiger partial charge < -0.3 is 0 Å². The van der Waals surface area contributed by atoms with Crippen LogP contribution in [0.4, 0.5) is 0 Å². The number of hydrogen-bond donors (Lipinski definition) is 0. The van der Waals surface area contributed by atoms with Crippen LogP contribution in [0, 0.1) is 0 Å². The minimum absolute atomic E-state index is 0. The molecular formula is C22H28P2. The van der Waals surface area contributed by atoms with Crippen molar-refractivity contribution in [1.29, 1.82) is 0 Å². The summed E-state index contributed by atoms with van der Waals surface area (Å²) in [5.41, 5.74) is 0. The normalized spacial score (nSPS) is 11.5. The van der Waals surface area contributed by atoms with Gasteiger partial charge in [0.2, 0.25) is 0 Å². The van der Waals surface area contributed by atoms with Crippen molar-refractivity contribution in [3.05, 3.63) is 91.0 Å². The first kappa shape index (κ1) is 18.9. The molecule has 0 heterocycles. The average Bonchev–Trinajstić information content (AvgIpc) is 2.65. The summed E-state index contributed by atoms with van der Waals surface area (Å²) in [5.74, 6) is 0. The average molecular weight is 354 g/mol. The fraction of sp³-hybridized carbons (Fsp3) is 0.182. The molecule has 0 fully saturated rings. The van der Waals surface area contributed by atoms with Crippen molar-refractivity contribution in [2.75, 3.05) is 6.16 Å². The molecule has 3 aromatic rings. The maximum Gasteiger partial charge on any atom is -0.153 e. The van der Waals surface area contributed by atoms with Gasteiger partial charge in [-0.15, -0.1) is 0 Å². The van der Waals surface area contributed by atoms with Gasteiger partial charge in [-0.05, 0) is 0 Å². The maximum atomic E-state index is 2.34. The van der Waals surface area contributed by atoms with Crippen LogP contribution in [-0.2, 0) is 0 Å². The van der Waals surface area contributed by atoms with Gasteiger partial charge in [0.05, 0.1) is 0 Å². The molecule has 0 aliphatic carbocycles. The zero-order valence-corrected chi connectivity index (χ0v) is 16.9. The van der Waals surface area contributed by atoms with Crippen molar-refractivity contribution in [1.82, 2.24) is 0 Å². The molecule has 0 aromatic heterocycles. The summed E-state index contributed by atoms with van der Waals surface area (Å²) in [4.78, 5) is 0. The third-order valence-electron chi connectivity index (χ3n) is 4.71. The van der Waals surface area contributed by atoms with Gasteiger partial charge in [0.15, 0.2) is 0 Å². The monoisotopic (exact) mass is 354 g/mol. The zero-order chi connectivity index (χ0) is 16.0. The van der Waals surface area contributed by atoms with Crippen molar-refractivity contribution in [2.24, 2.45) is 0 Å². The molecule has 126 valence electrons. The van der Waals surface area contributed by atoms with E-state index in [1.54, 1.807) is 0 Å². The van der Waals surface area contributed by atoms with E-state index in [1.807, 2.05) is 0 Å². The Labute approximate surface area is 150 Å². The van der Waals surface area contributed by atoms with Crippen LogP contribution in [0.1, 0.15) is 19.8 Å². The molecule has 0 saturated heterocycles. The van der Waals surface area contributed by atoms with Gasteiger partial charge in [0, 0.05) is 0 Å². The van der Waals surface area contributed by atoms with Crippen LogP contribution in [0.25, 0.3) is 0 Å². The first-order valence-electron chi connectivity index (χ1n) is 8.54. The van der Waals surface area contributed by atoms with Crippen LogP contribution in [0.2, 0.25) is 0 Å². The first-order valence-corrected chi connectivity index (χ1v) is 10.7. The van der Waals surface area contributed by atoms with Crippen LogP contribution in [0.5, 0.6) is 0 Å². The third-order valence-corrected chi connectivity index (χ3v) is 9.77. The molecule has 0 aliphatic heterocycles. The van der Waals surface area contributed by atoms with E-state index < -0.39 is 7.26 Å². The fourth-order valence-electron chi connectivity index (χ4n) is 3.54. The second-order valence-corrected chi connectivity index (χ2v) is 10.1. The van der Waals surface area contributed by atoms with Crippen molar-refractivity contribution in [3.8, 4) is 0 Å². The van der Waals surface area contributed by atoms with Gasteiger partial charge in [0.25, 0.3) is 0 Å². The summed E-state index contributed by atoms with van der Waals surface area (Å²) in [6.07, 6.45) is 3.77. The number of unbranched alkanes of at least 4 members (excludes halogenated alkanes) is 1. The van der Waals surface area contributed by atoms with Crippen LogP contribution < -0.4 is 15.9 Å². The Kier molecular flexibility index (Phi) is 7.16. The summed E-state index contributed by atoms with van der Waals surface area (Å²) in [6.45, 7) is 2.29. The molecule has 24 heavy (non-hydrogen) atoms. The molecule has 3 aromatic carbocycles. The Balaban J connectivity index is 0.00000208. The summed E-state index contributed by atoms with van der Waals surface area (Å²) < 4.78 is 0. The van der Waals surface area contributed by atoms with E-state index in [-0.39, 0.29) is 9.90 Å². The molecule has 2 heteroatoms. The Hall–Kier alpha value is -1.48. The van der Waals surface area contributed by atoms with Gasteiger partial charge in [-0.1, -0.05) is 0 Å². The number of benzene rings is 3. The predicted octanol–water partition coefficient (Wildman–Crippen LogP) is 4.57. The zero-order valence-electron chi connectivity index (χ0n) is 14.5. The van der Waals surface area contributed by atoms with E-state index in [0.29, 0.717) is 0 Å². The Bertz CT molecular complexity index is 612. The van der Waals surface area contributed by atoms with Crippen LogP contribution in [0.3, 0.4) is 0 Å². The molecule has 3 rings (SSSR count). The van der Waals surface area contributed by atoms with Crippen LogP contribution in [0.15, 0.2) is 91.0 Å². The number of rotatable bonds is 6. The standard InChI is InChI=1S/C22H25P.H3P/c1-2-3-19-23(20-13-7-4-8-14-20,21-15-9-5-10-16-21)22-17-11-6-12-18-22;/h4-18,23H,2-3,19H2,1H3;1H3. The molecule has 0 radical (unpaired) electrons. The molecule has 0 spiro atoms. The van der Waals surface area contributed by atoms with E-state index in [9.17, 15) is 0 Å². The van der Waals surface area contributed by atoms with Gasteiger partial charge >= 0.3 is 140 Å². The van der Waals surface area contributed by atoms with Crippen molar-refractivity contribution in [2.45, 2.75) is 19.8 Å². The molecule has 0 bridgehead atoms. The van der Waals surface area contributed by atoms with Gasteiger partial charge in [-0.2, -0.15) is 9.90 Å². The van der Waals surface area contributed by atoms with E-state index >= 15 is 0 Å². The molecule has 1 atom stereocenters. The van der Waals surface area contributed by atoms with Crippen molar-refractivity contribution < 1.29 is 0 Å². The van der Waals surface area contributed by atoms with E-state index in [1.165, 1.54) is 34.9 Å². The molecule has 0 nitrogen and oxygen atoms in total.